The smallest absolute Gasteiger partial charge is 0.264 e. The van der Waals surface area contributed by atoms with Crippen LogP contribution in [0.3, 0.4) is 0 Å². The van der Waals surface area contributed by atoms with Crippen molar-refractivity contribution in [1.82, 2.24) is 10.2 Å². The molecule has 0 saturated heterocycles. The number of anilines is 1. The zero-order chi connectivity index (χ0) is 34.3. The van der Waals surface area contributed by atoms with Gasteiger partial charge in [0.2, 0.25) is 11.8 Å². The van der Waals surface area contributed by atoms with E-state index in [9.17, 15) is 18.0 Å². The molecular weight excluding hydrogens is 653 g/mol. The van der Waals surface area contributed by atoms with Gasteiger partial charge in [-0.15, -0.1) is 0 Å². The molecule has 0 spiro atoms. The zero-order valence-electron chi connectivity index (χ0n) is 27.3. The van der Waals surface area contributed by atoms with Crippen LogP contribution in [-0.4, -0.2) is 43.8 Å². The molecular formula is C37H41Cl2N3O4S. The summed E-state index contributed by atoms with van der Waals surface area (Å²) in [6.45, 7) is 8.77. The average molecular weight is 695 g/mol. The maximum atomic E-state index is 14.7. The van der Waals surface area contributed by atoms with Crippen molar-refractivity contribution in [3.8, 4) is 0 Å². The van der Waals surface area contributed by atoms with Crippen molar-refractivity contribution < 1.29 is 18.0 Å². The molecule has 4 aromatic rings. The van der Waals surface area contributed by atoms with Gasteiger partial charge >= 0.3 is 0 Å². The summed E-state index contributed by atoms with van der Waals surface area (Å²) in [4.78, 5) is 30.2. The molecule has 0 bridgehead atoms. The van der Waals surface area contributed by atoms with E-state index in [2.05, 4.69) is 5.32 Å². The largest absolute Gasteiger partial charge is 0.352 e. The van der Waals surface area contributed by atoms with Crippen LogP contribution in [0.2, 0.25) is 10.0 Å². The molecule has 47 heavy (non-hydrogen) atoms. The Bertz CT molecular complexity index is 1800. The van der Waals surface area contributed by atoms with Gasteiger partial charge in [0.1, 0.15) is 12.6 Å². The number of hydrogen-bond acceptors (Lipinski definition) is 4. The minimum absolute atomic E-state index is 0.0481. The standard InChI is InChI=1S/C37H41Cl2N3O4S/c1-6-28(5)40-37(44)35(22-29-11-8-7-9-12-29)41(23-31-32(38)13-10-14-33(31)39)36(43)24-42(34-20-17-26(3)21-27(34)4)47(45,46)30-18-15-25(2)16-19-30/h7-21,28,35H,6,22-24H2,1-5H3,(H,40,44)/t28-,35-/m0/s1. The molecule has 0 unspecified atom stereocenters. The molecule has 2 amide bonds. The highest BCUT2D eigenvalue weighted by atomic mass is 35.5. The molecule has 7 nitrogen and oxygen atoms in total. The second-order valence-corrected chi connectivity index (χ2v) is 14.5. The van der Waals surface area contributed by atoms with Crippen molar-refractivity contribution in [2.24, 2.45) is 0 Å². The molecule has 2 atom stereocenters. The second-order valence-electron chi connectivity index (χ2n) is 11.9. The van der Waals surface area contributed by atoms with Gasteiger partial charge in [0, 0.05) is 34.6 Å². The Kier molecular flexibility index (Phi) is 12.1. The number of carbonyl (C=O) groups is 2. The van der Waals surface area contributed by atoms with Crippen LogP contribution in [0.4, 0.5) is 5.69 Å². The lowest BCUT2D eigenvalue weighted by atomic mass is 10.0. The first-order valence-corrected chi connectivity index (χ1v) is 17.7. The van der Waals surface area contributed by atoms with Gasteiger partial charge in [-0.25, -0.2) is 8.42 Å². The van der Waals surface area contributed by atoms with E-state index in [0.29, 0.717) is 33.3 Å². The maximum Gasteiger partial charge on any atom is 0.264 e. The number of halogens is 2. The van der Waals surface area contributed by atoms with Crippen LogP contribution in [-0.2, 0) is 32.6 Å². The fraction of sp³-hybridized carbons (Fsp3) is 0.297. The van der Waals surface area contributed by atoms with Crippen molar-refractivity contribution in [3.63, 3.8) is 0 Å². The van der Waals surface area contributed by atoms with Crippen molar-refractivity contribution in [3.05, 3.63) is 129 Å². The fourth-order valence-corrected chi connectivity index (χ4v) is 7.28. The fourth-order valence-electron chi connectivity index (χ4n) is 5.28. The lowest BCUT2D eigenvalue weighted by Gasteiger charge is -2.35. The van der Waals surface area contributed by atoms with Gasteiger partial charge in [-0.2, -0.15) is 0 Å². The van der Waals surface area contributed by atoms with Gasteiger partial charge in [-0.1, -0.05) is 102 Å². The Morgan fingerprint density at radius 2 is 1.45 bits per heavy atom. The normalized spacial score (nSPS) is 12.7. The van der Waals surface area contributed by atoms with Crippen molar-refractivity contribution >= 4 is 50.7 Å². The predicted molar refractivity (Wildman–Crippen MR) is 190 cm³/mol. The summed E-state index contributed by atoms with van der Waals surface area (Å²) in [6.07, 6.45) is 0.870. The van der Waals surface area contributed by atoms with Gasteiger partial charge in [0.25, 0.3) is 10.0 Å². The van der Waals surface area contributed by atoms with Gasteiger partial charge in [-0.3, -0.25) is 13.9 Å². The van der Waals surface area contributed by atoms with Crippen LogP contribution in [0.1, 0.15) is 48.1 Å². The van der Waals surface area contributed by atoms with Crippen LogP contribution in [0, 0.1) is 20.8 Å². The maximum absolute atomic E-state index is 14.7. The van der Waals surface area contributed by atoms with E-state index in [4.69, 9.17) is 23.2 Å². The second kappa shape index (κ2) is 15.8. The molecule has 0 aliphatic rings. The van der Waals surface area contributed by atoms with E-state index in [1.165, 1.54) is 17.0 Å². The lowest BCUT2D eigenvalue weighted by molar-refractivity contribution is -0.140. The van der Waals surface area contributed by atoms with Gasteiger partial charge in [0.05, 0.1) is 10.6 Å². The SMILES string of the molecule is CC[C@H](C)NC(=O)[C@H](Cc1ccccc1)N(Cc1c(Cl)cccc1Cl)C(=O)CN(c1ccc(C)cc1C)S(=O)(=O)c1ccc(C)cc1. The van der Waals surface area contributed by atoms with E-state index in [1.54, 1.807) is 36.4 Å². The Morgan fingerprint density at radius 3 is 2.04 bits per heavy atom. The lowest BCUT2D eigenvalue weighted by Crippen LogP contribution is -2.54. The van der Waals surface area contributed by atoms with E-state index in [-0.39, 0.29) is 29.8 Å². The third kappa shape index (κ3) is 8.95. The van der Waals surface area contributed by atoms with Crippen molar-refractivity contribution in [2.75, 3.05) is 10.8 Å². The summed E-state index contributed by atoms with van der Waals surface area (Å²) >= 11 is 13.2. The molecule has 0 aromatic heterocycles. The van der Waals surface area contributed by atoms with Crippen LogP contribution >= 0.6 is 23.2 Å². The number of hydrogen-bond donors (Lipinski definition) is 1. The number of nitrogens with one attached hydrogen (secondary N) is 1. The van der Waals surface area contributed by atoms with Crippen LogP contribution in [0.5, 0.6) is 0 Å². The number of carbonyl (C=O) groups excluding carboxylic acids is 2. The Labute approximate surface area is 288 Å². The van der Waals surface area contributed by atoms with E-state index >= 15 is 0 Å². The molecule has 248 valence electrons. The summed E-state index contributed by atoms with van der Waals surface area (Å²) in [5.74, 6) is -0.948. The predicted octanol–water partition coefficient (Wildman–Crippen LogP) is 7.67. The van der Waals surface area contributed by atoms with Gasteiger partial charge < -0.3 is 10.2 Å². The molecule has 4 aromatic carbocycles. The van der Waals surface area contributed by atoms with Crippen LogP contribution in [0.25, 0.3) is 0 Å². The highest BCUT2D eigenvalue weighted by Crippen LogP contribution is 2.30. The summed E-state index contributed by atoms with van der Waals surface area (Å²) < 4.78 is 29.8. The first-order chi connectivity index (χ1) is 22.3. The monoisotopic (exact) mass is 693 g/mol. The number of benzene rings is 4. The Balaban J connectivity index is 1.87. The van der Waals surface area contributed by atoms with Crippen LogP contribution in [0.15, 0.2) is 95.9 Å². The third-order valence-electron chi connectivity index (χ3n) is 8.17. The van der Waals surface area contributed by atoms with Crippen molar-refractivity contribution in [1.29, 1.82) is 0 Å². The summed E-state index contributed by atoms with van der Waals surface area (Å²) in [5, 5.41) is 3.69. The van der Waals surface area contributed by atoms with Crippen LogP contribution < -0.4 is 9.62 Å². The third-order valence-corrected chi connectivity index (χ3v) is 10.7. The average Bonchev–Trinajstić information content (AvgIpc) is 3.03. The van der Waals surface area contributed by atoms with E-state index in [0.717, 1.165) is 21.0 Å². The molecule has 1 N–H and O–H groups in total. The first kappa shape index (κ1) is 36.0. The Hall–Kier alpha value is -3.85. The van der Waals surface area contributed by atoms with E-state index < -0.39 is 28.5 Å². The molecule has 4 rings (SSSR count). The molecule has 0 heterocycles. The minimum atomic E-state index is -4.22. The highest BCUT2D eigenvalue weighted by molar-refractivity contribution is 7.92. The molecule has 0 saturated carbocycles. The number of rotatable bonds is 13. The molecule has 0 aliphatic heterocycles. The minimum Gasteiger partial charge on any atom is -0.352 e. The summed E-state index contributed by atoms with van der Waals surface area (Å²) in [5.41, 5.74) is 4.19. The topological polar surface area (TPSA) is 86.8 Å². The molecule has 0 aliphatic carbocycles. The summed E-state index contributed by atoms with van der Waals surface area (Å²) in [6, 6.07) is 25.1. The number of sulfonamides is 1. The number of aryl methyl sites for hydroxylation is 3. The summed E-state index contributed by atoms with van der Waals surface area (Å²) in [7, 11) is -4.22. The quantitative estimate of drug-likeness (QED) is 0.156. The molecule has 0 radical (unpaired) electrons. The van der Waals surface area contributed by atoms with Crippen molar-refractivity contribution in [2.45, 2.75) is 71.0 Å². The number of nitrogens with zero attached hydrogens (tertiary/aromatic N) is 2. The molecule has 0 fully saturated rings. The number of amides is 2. The first-order valence-electron chi connectivity index (χ1n) is 15.5. The zero-order valence-corrected chi connectivity index (χ0v) is 29.7. The van der Waals surface area contributed by atoms with Gasteiger partial charge in [0.15, 0.2) is 0 Å². The van der Waals surface area contributed by atoms with E-state index in [1.807, 2.05) is 77.1 Å². The molecule has 10 heteroatoms. The highest BCUT2D eigenvalue weighted by Gasteiger charge is 2.36. The Morgan fingerprint density at radius 1 is 0.830 bits per heavy atom. The van der Waals surface area contributed by atoms with Gasteiger partial charge in [-0.05, 0) is 75.6 Å².